The SMILES string of the molecule is CC#Cc1ccc(C2=NC(CC(=O)OC(C)(C)C)c3nnc(CCC(C)(N)C#Cc4ccc(C5=NC(CC(=O)OC(C)(C)C)c6nnc(C)n6-c6sc(C)c(C)c65)cc4)n3-c3sc(C)c(C)c32)cc1. The molecule has 2 N–H and O–H groups in total. The average molecular weight is 962 g/mol. The molecule has 3 atom stereocenters. The van der Waals surface area contributed by atoms with E-state index in [9.17, 15) is 9.59 Å². The first-order valence-corrected chi connectivity index (χ1v) is 24.8. The van der Waals surface area contributed by atoms with Crippen molar-refractivity contribution in [2.24, 2.45) is 15.7 Å². The topological polar surface area (TPSA) is 165 Å². The zero-order valence-corrected chi connectivity index (χ0v) is 43.3. The number of aliphatic imine (C=N–C) groups is 2. The van der Waals surface area contributed by atoms with Crippen molar-refractivity contribution in [1.29, 1.82) is 0 Å². The zero-order valence-electron chi connectivity index (χ0n) is 41.7. The molecule has 4 aromatic heterocycles. The number of carbonyl (C=O) groups is 2. The number of esters is 2. The number of carbonyl (C=O) groups excluding carboxylic acids is 2. The number of aromatic nitrogens is 6. The first-order chi connectivity index (χ1) is 32.5. The third-order valence-corrected chi connectivity index (χ3v) is 14.3. The van der Waals surface area contributed by atoms with Crippen molar-refractivity contribution in [3.63, 3.8) is 0 Å². The fourth-order valence-electron chi connectivity index (χ4n) is 8.43. The molecule has 356 valence electrons. The van der Waals surface area contributed by atoms with E-state index in [-0.39, 0.29) is 24.8 Å². The summed E-state index contributed by atoms with van der Waals surface area (Å²) in [7, 11) is 0. The smallest absolute Gasteiger partial charge is 0.308 e. The molecule has 2 aliphatic heterocycles. The summed E-state index contributed by atoms with van der Waals surface area (Å²) >= 11 is 3.32. The van der Waals surface area contributed by atoms with Gasteiger partial charge in [-0.3, -0.25) is 28.7 Å². The Balaban J connectivity index is 1.08. The van der Waals surface area contributed by atoms with Gasteiger partial charge in [0, 0.05) is 49.6 Å². The van der Waals surface area contributed by atoms with E-state index in [1.807, 2.05) is 115 Å². The molecule has 2 aliphatic rings. The van der Waals surface area contributed by atoms with Crippen molar-refractivity contribution < 1.29 is 19.1 Å². The Morgan fingerprint density at radius 2 is 1.10 bits per heavy atom. The summed E-state index contributed by atoms with van der Waals surface area (Å²) in [5.41, 5.74) is 14.0. The summed E-state index contributed by atoms with van der Waals surface area (Å²) < 4.78 is 15.7. The van der Waals surface area contributed by atoms with Crippen LogP contribution in [0.1, 0.15) is 164 Å². The van der Waals surface area contributed by atoms with Crippen LogP contribution in [0.5, 0.6) is 0 Å². The highest BCUT2D eigenvalue weighted by molar-refractivity contribution is 7.15. The van der Waals surface area contributed by atoms with E-state index < -0.39 is 28.8 Å². The Hall–Kier alpha value is -6.52. The number of rotatable bonds is 9. The van der Waals surface area contributed by atoms with Crippen molar-refractivity contribution in [2.75, 3.05) is 0 Å². The van der Waals surface area contributed by atoms with E-state index >= 15 is 0 Å². The van der Waals surface area contributed by atoms with Crippen LogP contribution in [0.25, 0.3) is 10.0 Å². The van der Waals surface area contributed by atoms with Gasteiger partial charge in [0.1, 0.15) is 44.9 Å². The van der Waals surface area contributed by atoms with Gasteiger partial charge in [0.05, 0.1) is 29.8 Å². The van der Waals surface area contributed by atoms with E-state index in [0.29, 0.717) is 30.3 Å². The Kier molecular flexibility index (Phi) is 13.3. The molecule has 0 bridgehead atoms. The van der Waals surface area contributed by atoms with Crippen LogP contribution >= 0.6 is 22.7 Å². The van der Waals surface area contributed by atoms with Crippen LogP contribution in [0.4, 0.5) is 0 Å². The summed E-state index contributed by atoms with van der Waals surface area (Å²) in [6.45, 7) is 25.2. The summed E-state index contributed by atoms with van der Waals surface area (Å²) in [6.07, 6.45) is 0.930. The standard InChI is InChI=1S/C54H59N9O4S2/c1-14-15-35-16-20-37(21-17-35)47-45-31(3)33(5)69-51(45)63-41(59-61-49(63)40(57-47)29-43(65)67-53(10,11)12)25-27-54(13,55)26-24-36-18-22-38(23-19-36)46-44-30(2)32(4)68-50(44)62-34(6)58-60-48(62)39(56-46)28-42(64)66-52(7,8)9/h16-23,39-40H,25,27-29,55H2,1-13H3. The minimum Gasteiger partial charge on any atom is -0.460 e. The second kappa shape index (κ2) is 18.8. The lowest BCUT2D eigenvalue weighted by Crippen LogP contribution is -2.35. The fraction of sp³-hybridized carbons (Fsp3) is 0.407. The van der Waals surface area contributed by atoms with Gasteiger partial charge in [-0.15, -0.1) is 49.0 Å². The molecule has 0 saturated carbocycles. The van der Waals surface area contributed by atoms with Gasteiger partial charge in [-0.2, -0.15) is 0 Å². The number of fused-ring (bicyclic) bond motifs is 6. The molecule has 2 aromatic carbocycles. The van der Waals surface area contributed by atoms with Crippen LogP contribution in [0.15, 0.2) is 58.5 Å². The van der Waals surface area contributed by atoms with Gasteiger partial charge in [-0.05, 0) is 132 Å². The lowest BCUT2D eigenvalue weighted by atomic mass is 9.96. The van der Waals surface area contributed by atoms with E-state index in [1.54, 1.807) is 22.7 Å². The molecule has 0 fully saturated rings. The molecule has 6 heterocycles. The van der Waals surface area contributed by atoms with Gasteiger partial charge >= 0.3 is 11.9 Å². The molecule has 69 heavy (non-hydrogen) atoms. The highest BCUT2D eigenvalue weighted by Crippen LogP contribution is 2.42. The molecule has 0 aliphatic carbocycles. The average Bonchev–Trinajstić information content (AvgIpc) is 3.97. The third-order valence-electron chi connectivity index (χ3n) is 11.9. The molecule has 15 heteroatoms. The predicted octanol–water partition coefficient (Wildman–Crippen LogP) is 9.83. The number of thiophene rings is 2. The molecule has 0 amide bonds. The van der Waals surface area contributed by atoms with Gasteiger partial charge in [-0.1, -0.05) is 42.0 Å². The number of nitrogens with two attached hydrogens (primary N) is 1. The Labute approximate surface area is 412 Å². The fourth-order valence-corrected chi connectivity index (χ4v) is 10.8. The largest absolute Gasteiger partial charge is 0.460 e. The number of nitrogens with zero attached hydrogens (tertiary/aromatic N) is 8. The van der Waals surface area contributed by atoms with Crippen molar-refractivity contribution in [2.45, 2.75) is 145 Å². The molecule has 0 spiro atoms. The van der Waals surface area contributed by atoms with E-state index in [1.165, 1.54) is 0 Å². The minimum absolute atomic E-state index is 0.0138. The third kappa shape index (κ3) is 10.4. The predicted molar refractivity (Wildman–Crippen MR) is 273 cm³/mol. The molecular weight excluding hydrogens is 903 g/mol. The van der Waals surface area contributed by atoms with Crippen molar-refractivity contribution >= 4 is 46.0 Å². The van der Waals surface area contributed by atoms with E-state index in [0.717, 1.165) is 81.5 Å². The highest BCUT2D eigenvalue weighted by atomic mass is 32.1. The van der Waals surface area contributed by atoms with Gasteiger partial charge in [0.15, 0.2) is 11.6 Å². The lowest BCUT2D eigenvalue weighted by Gasteiger charge is -2.21. The van der Waals surface area contributed by atoms with Crippen LogP contribution in [-0.4, -0.2) is 69.6 Å². The maximum Gasteiger partial charge on any atom is 0.308 e. The number of hydrogen-bond donors (Lipinski definition) is 1. The maximum absolute atomic E-state index is 13.5. The van der Waals surface area contributed by atoms with Crippen LogP contribution in [-0.2, 0) is 25.5 Å². The Bertz CT molecular complexity index is 3180. The van der Waals surface area contributed by atoms with Crippen LogP contribution in [0, 0.1) is 58.3 Å². The molecule has 0 radical (unpaired) electrons. The molecule has 0 saturated heterocycles. The summed E-state index contributed by atoms with van der Waals surface area (Å²) in [5, 5.41) is 20.3. The van der Waals surface area contributed by atoms with Crippen molar-refractivity contribution in [3.8, 4) is 33.7 Å². The molecular formula is C54H59N9O4S2. The van der Waals surface area contributed by atoms with Crippen molar-refractivity contribution in [3.05, 3.63) is 126 Å². The van der Waals surface area contributed by atoms with Gasteiger partial charge in [-0.25, -0.2) is 0 Å². The molecule has 6 aromatic rings. The summed E-state index contributed by atoms with van der Waals surface area (Å²) in [4.78, 5) is 39.6. The van der Waals surface area contributed by atoms with Crippen molar-refractivity contribution in [1.82, 2.24) is 29.5 Å². The number of hydrogen-bond acceptors (Lipinski definition) is 13. The summed E-state index contributed by atoms with van der Waals surface area (Å²) in [6, 6.07) is 14.8. The zero-order chi connectivity index (χ0) is 49.7. The Morgan fingerprint density at radius 3 is 1.58 bits per heavy atom. The quantitative estimate of drug-likeness (QED) is 0.110. The number of benzene rings is 2. The van der Waals surface area contributed by atoms with Gasteiger partial charge in [0.2, 0.25) is 0 Å². The van der Waals surface area contributed by atoms with Crippen LogP contribution < -0.4 is 5.73 Å². The minimum atomic E-state index is -0.909. The molecule has 13 nitrogen and oxygen atoms in total. The second-order valence-electron chi connectivity index (χ2n) is 19.9. The first kappa shape index (κ1) is 48.9. The first-order valence-electron chi connectivity index (χ1n) is 23.1. The van der Waals surface area contributed by atoms with Crippen LogP contribution in [0.3, 0.4) is 0 Å². The lowest BCUT2D eigenvalue weighted by molar-refractivity contribution is -0.156. The normalized spacial score (nSPS) is 16.1. The maximum atomic E-state index is 13.5. The highest BCUT2D eigenvalue weighted by Gasteiger charge is 2.36. The van der Waals surface area contributed by atoms with Gasteiger partial charge in [0.25, 0.3) is 0 Å². The number of aryl methyl sites for hydroxylation is 4. The van der Waals surface area contributed by atoms with E-state index in [4.69, 9.17) is 35.4 Å². The molecule has 3 unspecified atom stereocenters. The van der Waals surface area contributed by atoms with Crippen LogP contribution in [0.2, 0.25) is 0 Å². The monoisotopic (exact) mass is 961 g/mol. The molecule has 8 rings (SSSR count). The Morgan fingerprint density at radius 1 is 0.652 bits per heavy atom. The van der Waals surface area contributed by atoms with Gasteiger partial charge < -0.3 is 15.2 Å². The second-order valence-corrected chi connectivity index (χ2v) is 22.3. The summed E-state index contributed by atoms with van der Waals surface area (Å²) in [5.74, 6) is 14.6. The number of ether oxygens (including phenoxy) is 2. The van der Waals surface area contributed by atoms with E-state index in [2.05, 4.69) is 66.1 Å².